The van der Waals surface area contributed by atoms with Crippen LogP contribution in [0.25, 0.3) is 0 Å². The molecule has 0 aromatic heterocycles. The predicted molar refractivity (Wildman–Crippen MR) is 67.9 cm³/mol. The molecule has 4 nitrogen and oxygen atoms in total. The Hall–Kier alpha value is -0.160. The van der Waals surface area contributed by atoms with Crippen LogP contribution in [-0.2, 0) is 9.47 Å². The van der Waals surface area contributed by atoms with Crippen molar-refractivity contribution in [1.82, 2.24) is 10.6 Å². The lowest BCUT2D eigenvalue weighted by atomic mass is 10.2. The fraction of sp³-hybridized carbons (Fsp3) is 1.00. The normalized spacial score (nSPS) is 12.9. The molecule has 0 aliphatic carbocycles. The minimum Gasteiger partial charge on any atom is -0.383 e. The molecule has 0 spiro atoms. The van der Waals surface area contributed by atoms with Gasteiger partial charge in [0.25, 0.3) is 0 Å². The van der Waals surface area contributed by atoms with Crippen LogP contribution in [0.3, 0.4) is 0 Å². The van der Waals surface area contributed by atoms with Crippen LogP contribution in [0.2, 0.25) is 0 Å². The van der Waals surface area contributed by atoms with Crippen LogP contribution in [-0.4, -0.2) is 53.1 Å². The molecule has 16 heavy (non-hydrogen) atoms. The summed E-state index contributed by atoms with van der Waals surface area (Å²) in [6.07, 6.45) is 3.88. The van der Waals surface area contributed by atoms with Crippen LogP contribution < -0.4 is 10.6 Å². The van der Waals surface area contributed by atoms with Crippen molar-refractivity contribution in [3.05, 3.63) is 0 Å². The topological polar surface area (TPSA) is 42.5 Å². The number of rotatable bonds is 12. The molecule has 0 amide bonds. The first-order valence-corrected chi connectivity index (χ1v) is 6.24. The summed E-state index contributed by atoms with van der Waals surface area (Å²) in [6, 6.07) is 0. The molecule has 0 rings (SSSR count). The highest BCUT2D eigenvalue weighted by molar-refractivity contribution is 4.55. The molecule has 0 fully saturated rings. The summed E-state index contributed by atoms with van der Waals surface area (Å²) >= 11 is 0. The average Bonchev–Trinajstić information content (AvgIpc) is 2.31. The molecule has 0 aliphatic heterocycles. The molecule has 4 heteroatoms. The van der Waals surface area contributed by atoms with Crippen molar-refractivity contribution in [3.63, 3.8) is 0 Å². The van der Waals surface area contributed by atoms with Crippen molar-refractivity contribution in [2.75, 3.05) is 47.0 Å². The van der Waals surface area contributed by atoms with Gasteiger partial charge in [-0.1, -0.05) is 0 Å². The lowest BCUT2D eigenvalue weighted by Gasteiger charge is -2.09. The maximum Gasteiger partial charge on any atom is 0.0587 e. The summed E-state index contributed by atoms with van der Waals surface area (Å²) in [6.45, 7) is 7.09. The second-order valence-electron chi connectivity index (χ2n) is 4.03. The third kappa shape index (κ3) is 11.9. The summed E-state index contributed by atoms with van der Waals surface area (Å²) < 4.78 is 10.1. The van der Waals surface area contributed by atoms with Crippen molar-refractivity contribution in [2.45, 2.75) is 32.3 Å². The van der Waals surface area contributed by atoms with Crippen LogP contribution in [0.5, 0.6) is 0 Å². The van der Waals surface area contributed by atoms with E-state index in [0.29, 0.717) is 6.10 Å². The number of hydrogen-bond donors (Lipinski definition) is 2. The molecule has 1 atom stereocenters. The summed E-state index contributed by atoms with van der Waals surface area (Å²) in [7, 11) is 3.49. The van der Waals surface area contributed by atoms with E-state index < -0.39 is 0 Å². The lowest BCUT2D eigenvalue weighted by molar-refractivity contribution is 0.109. The Bertz CT molecular complexity index is 134. The van der Waals surface area contributed by atoms with Crippen LogP contribution in [0, 0.1) is 0 Å². The molecule has 0 radical (unpaired) electrons. The predicted octanol–water partition coefficient (Wildman–Crippen LogP) is 1.02. The van der Waals surface area contributed by atoms with Gasteiger partial charge in [0, 0.05) is 20.8 Å². The van der Waals surface area contributed by atoms with E-state index in [4.69, 9.17) is 9.47 Å². The zero-order chi connectivity index (χ0) is 12.1. The molecule has 0 saturated heterocycles. The van der Waals surface area contributed by atoms with Gasteiger partial charge in [0.2, 0.25) is 0 Å². The van der Waals surface area contributed by atoms with Crippen molar-refractivity contribution >= 4 is 0 Å². The number of ether oxygens (including phenoxy) is 2. The maximum absolute atomic E-state index is 5.18. The van der Waals surface area contributed by atoms with Gasteiger partial charge >= 0.3 is 0 Å². The number of nitrogens with one attached hydrogen (secondary N) is 2. The first-order valence-electron chi connectivity index (χ1n) is 6.24. The smallest absolute Gasteiger partial charge is 0.0587 e. The fourth-order valence-corrected chi connectivity index (χ4v) is 1.39. The van der Waals surface area contributed by atoms with Crippen LogP contribution >= 0.6 is 0 Å². The van der Waals surface area contributed by atoms with Crippen LogP contribution in [0.15, 0.2) is 0 Å². The van der Waals surface area contributed by atoms with Crippen molar-refractivity contribution in [1.29, 1.82) is 0 Å². The lowest BCUT2D eigenvalue weighted by Crippen LogP contribution is -2.25. The van der Waals surface area contributed by atoms with E-state index >= 15 is 0 Å². The first kappa shape index (κ1) is 15.8. The quantitative estimate of drug-likeness (QED) is 0.493. The molecule has 0 aliphatic rings. The monoisotopic (exact) mass is 232 g/mol. The Labute approximate surface area is 100 Å². The van der Waals surface area contributed by atoms with E-state index in [1.165, 1.54) is 12.8 Å². The van der Waals surface area contributed by atoms with Gasteiger partial charge in [-0.25, -0.2) is 0 Å². The minimum absolute atomic E-state index is 0.387. The van der Waals surface area contributed by atoms with Crippen LogP contribution in [0.1, 0.15) is 26.2 Å². The zero-order valence-corrected chi connectivity index (χ0v) is 11.1. The van der Waals surface area contributed by atoms with E-state index in [2.05, 4.69) is 17.6 Å². The maximum atomic E-state index is 5.18. The highest BCUT2D eigenvalue weighted by Crippen LogP contribution is 1.97. The third-order valence-electron chi connectivity index (χ3n) is 2.56. The molecule has 0 bridgehead atoms. The van der Waals surface area contributed by atoms with Gasteiger partial charge < -0.3 is 20.1 Å². The van der Waals surface area contributed by atoms with E-state index in [1.807, 2.05) is 0 Å². The van der Waals surface area contributed by atoms with E-state index in [0.717, 1.165) is 39.2 Å². The highest BCUT2D eigenvalue weighted by atomic mass is 16.5. The number of methoxy groups -OCH3 is 2. The molecule has 0 saturated carbocycles. The molecule has 0 heterocycles. The Morgan fingerprint density at radius 1 is 0.938 bits per heavy atom. The van der Waals surface area contributed by atoms with Gasteiger partial charge in [-0.15, -0.1) is 0 Å². The Morgan fingerprint density at radius 2 is 1.56 bits per heavy atom. The van der Waals surface area contributed by atoms with Crippen molar-refractivity contribution in [2.24, 2.45) is 0 Å². The summed E-state index contributed by atoms with van der Waals surface area (Å²) in [4.78, 5) is 0. The van der Waals surface area contributed by atoms with Gasteiger partial charge in [-0.3, -0.25) is 0 Å². The minimum atomic E-state index is 0.387. The van der Waals surface area contributed by atoms with Gasteiger partial charge in [0.05, 0.1) is 12.7 Å². The molecule has 0 aromatic rings. The second-order valence-corrected chi connectivity index (χ2v) is 4.03. The first-order chi connectivity index (χ1) is 7.81. The van der Waals surface area contributed by atoms with Gasteiger partial charge in [-0.2, -0.15) is 0 Å². The average molecular weight is 232 g/mol. The Morgan fingerprint density at radius 3 is 2.19 bits per heavy atom. The van der Waals surface area contributed by atoms with Crippen molar-refractivity contribution < 1.29 is 9.47 Å². The van der Waals surface area contributed by atoms with E-state index in [-0.39, 0.29) is 0 Å². The van der Waals surface area contributed by atoms with Crippen LogP contribution in [0.4, 0.5) is 0 Å². The van der Waals surface area contributed by atoms with Crippen molar-refractivity contribution in [3.8, 4) is 0 Å². The molecule has 1 unspecified atom stereocenters. The molecule has 98 valence electrons. The third-order valence-corrected chi connectivity index (χ3v) is 2.56. The Balaban J connectivity index is 2.93. The molecular formula is C12H28N2O2. The molecule has 2 N–H and O–H groups in total. The van der Waals surface area contributed by atoms with Gasteiger partial charge in [-0.05, 0) is 45.8 Å². The van der Waals surface area contributed by atoms with E-state index in [9.17, 15) is 0 Å². The molecule has 0 aromatic carbocycles. The largest absolute Gasteiger partial charge is 0.383 e. The highest BCUT2D eigenvalue weighted by Gasteiger charge is 1.97. The van der Waals surface area contributed by atoms with Gasteiger partial charge in [0.15, 0.2) is 0 Å². The SMILES string of the molecule is COCCNCCCNCCCC(C)OC. The second kappa shape index (κ2) is 12.9. The zero-order valence-electron chi connectivity index (χ0n) is 11.1. The van der Waals surface area contributed by atoms with Gasteiger partial charge in [0.1, 0.15) is 0 Å². The van der Waals surface area contributed by atoms with E-state index in [1.54, 1.807) is 14.2 Å². The number of hydrogen-bond acceptors (Lipinski definition) is 4. The summed E-state index contributed by atoms with van der Waals surface area (Å²) in [5, 5.41) is 6.75. The molecular weight excluding hydrogens is 204 g/mol. The fourth-order valence-electron chi connectivity index (χ4n) is 1.39. The standard InChI is InChI=1S/C12H28N2O2/c1-12(16-3)6-4-7-13-8-5-9-14-10-11-15-2/h12-14H,4-11H2,1-3H3. The summed E-state index contributed by atoms with van der Waals surface area (Å²) in [5.74, 6) is 0. The Kier molecular flexibility index (Phi) is 12.8. The summed E-state index contributed by atoms with van der Waals surface area (Å²) in [5.41, 5.74) is 0.